The molecule has 5 heterocycles. The molecule has 1 aliphatic rings. The highest BCUT2D eigenvalue weighted by Crippen LogP contribution is 2.21. The lowest BCUT2D eigenvalue weighted by Crippen LogP contribution is -2.36. The van der Waals surface area contributed by atoms with Crippen LogP contribution in [0.3, 0.4) is 0 Å². The first kappa shape index (κ1) is 18.7. The molecule has 0 unspecified atom stereocenters. The minimum atomic E-state index is 0.691. The van der Waals surface area contributed by atoms with Gasteiger partial charge in [0.25, 0.3) is 0 Å². The van der Waals surface area contributed by atoms with E-state index in [0.29, 0.717) is 6.42 Å². The number of morpholine rings is 1. The van der Waals surface area contributed by atoms with Crippen molar-refractivity contribution in [1.29, 1.82) is 0 Å². The largest absolute Gasteiger partial charge is 0.378 e. The van der Waals surface area contributed by atoms with Crippen LogP contribution in [0.15, 0.2) is 49.2 Å². The zero-order chi connectivity index (χ0) is 20.3. The number of fused-ring (bicyclic) bond motifs is 1. The van der Waals surface area contributed by atoms with Crippen LogP contribution in [0.25, 0.3) is 11.0 Å². The number of pyridine rings is 2. The van der Waals surface area contributed by atoms with Gasteiger partial charge in [-0.15, -0.1) is 0 Å². The van der Waals surface area contributed by atoms with Gasteiger partial charge in [-0.05, 0) is 47.4 Å². The number of aromatic amines is 1. The van der Waals surface area contributed by atoms with Gasteiger partial charge in [-0.1, -0.05) is 0 Å². The second kappa shape index (κ2) is 8.20. The maximum Gasteiger partial charge on any atom is 0.137 e. The molecule has 0 aliphatic carbocycles. The van der Waals surface area contributed by atoms with Crippen molar-refractivity contribution in [2.24, 2.45) is 0 Å². The average molecular weight is 400 g/mol. The molecule has 5 rings (SSSR count). The van der Waals surface area contributed by atoms with Crippen molar-refractivity contribution in [3.05, 3.63) is 77.3 Å². The Bertz CT molecular complexity index is 1150. The summed E-state index contributed by atoms with van der Waals surface area (Å²) in [7, 11) is 0. The van der Waals surface area contributed by atoms with Crippen LogP contribution in [0.5, 0.6) is 0 Å². The molecule has 4 aromatic heterocycles. The number of H-pyrrole nitrogens is 1. The van der Waals surface area contributed by atoms with Crippen molar-refractivity contribution < 1.29 is 4.74 Å². The molecule has 30 heavy (non-hydrogen) atoms. The quantitative estimate of drug-likeness (QED) is 0.555. The van der Waals surface area contributed by atoms with Gasteiger partial charge in [0.15, 0.2) is 0 Å². The lowest BCUT2D eigenvalue weighted by Gasteiger charge is -2.28. The molecule has 0 atom stereocenters. The van der Waals surface area contributed by atoms with Gasteiger partial charge in [-0.25, -0.2) is 19.9 Å². The summed E-state index contributed by atoms with van der Waals surface area (Å²) >= 11 is 0. The van der Waals surface area contributed by atoms with E-state index in [4.69, 9.17) is 4.74 Å². The summed E-state index contributed by atoms with van der Waals surface area (Å²) in [5.41, 5.74) is 5.54. The predicted molar refractivity (Wildman–Crippen MR) is 116 cm³/mol. The predicted octanol–water partition coefficient (Wildman–Crippen LogP) is 3.07. The first-order valence-corrected chi connectivity index (χ1v) is 10.2. The third kappa shape index (κ3) is 4.02. The van der Waals surface area contributed by atoms with Crippen LogP contribution in [0.2, 0.25) is 0 Å². The van der Waals surface area contributed by atoms with E-state index < -0.39 is 0 Å². The highest BCUT2D eigenvalue weighted by molar-refractivity contribution is 5.80. The van der Waals surface area contributed by atoms with Gasteiger partial charge in [0.05, 0.1) is 13.2 Å². The van der Waals surface area contributed by atoms with Gasteiger partial charge in [0.2, 0.25) is 0 Å². The first-order valence-electron chi connectivity index (χ1n) is 10.2. The van der Waals surface area contributed by atoms with Crippen molar-refractivity contribution >= 4 is 16.9 Å². The van der Waals surface area contributed by atoms with Crippen molar-refractivity contribution in [2.45, 2.75) is 19.8 Å². The Labute approximate surface area is 175 Å². The van der Waals surface area contributed by atoms with E-state index in [0.717, 1.165) is 72.1 Å². The zero-order valence-corrected chi connectivity index (χ0v) is 17.0. The van der Waals surface area contributed by atoms with E-state index in [2.05, 4.69) is 48.9 Å². The lowest BCUT2D eigenvalue weighted by molar-refractivity contribution is 0.122. The van der Waals surface area contributed by atoms with Gasteiger partial charge >= 0.3 is 0 Å². The highest BCUT2D eigenvalue weighted by Gasteiger charge is 2.13. The fraction of sp³-hybridized carbons (Fsp3) is 0.304. The molecule has 0 aromatic carbocycles. The van der Waals surface area contributed by atoms with Crippen LogP contribution in [0.1, 0.15) is 28.1 Å². The Morgan fingerprint density at radius 2 is 1.80 bits per heavy atom. The van der Waals surface area contributed by atoms with Gasteiger partial charge in [0.1, 0.15) is 17.3 Å². The molecule has 0 saturated carbocycles. The third-order valence-corrected chi connectivity index (χ3v) is 5.41. The van der Waals surface area contributed by atoms with E-state index in [1.807, 2.05) is 37.1 Å². The first-order chi connectivity index (χ1) is 14.7. The monoisotopic (exact) mass is 400 g/mol. The third-order valence-electron chi connectivity index (χ3n) is 5.41. The average Bonchev–Trinajstić information content (AvgIpc) is 3.18. The Morgan fingerprint density at radius 3 is 2.63 bits per heavy atom. The van der Waals surface area contributed by atoms with Crippen molar-refractivity contribution in [1.82, 2.24) is 24.9 Å². The smallest absolute Gasteiger partial charge is 0.137 e. The van der Waals surface area contributed by atoms with E-state index in [1.165, 1.54) is 5.56 Å². The SMILES string of the molecule is Cc1cnc2[nH]cc(Cc3cnc(Cc4ccnc(N5CCOCC5)c4)nc3)c2c1. The number of nitrogens with one attached hydrogen (secondary N) is 1. The molecule has 152 valence electrons. The van der Waals surface area contributed by atoms with E-state index >= 15 is 0 Å². The highest BCUT2D eigenvalue weighted by atomic mass is 16.5. The summed E-state index contributed by atoms with van der Waals surface area (Å²) in [5, 5.41) is 1.16. The molecule has 1 N–H and O–H groups in total. The summed E-state index contributed by atoms with van der Waals surface area (Å²) in [5.74, 6) is 1.81. The molecule has 4 aromatic rings. The Morgan fingerprint density at radius 1 is 0.967 bits per heavy atom. The minimum absolute atomic E-state index is 0.691. The number of hydrogen-bond donors (Lipinski definition) is 1. The second-order valence-electron chi connectivity index (χ2n) is 7.71. The van der Waals surface area contributed by atoms with Gasteiger partial charge < -0.3 is 14.6 Å². The number of hydrogen-bond acceptors (Lipinski definition) is 6. The van der Waals surface area contributed by atoms with Crippen LogP contribution in [0, 0.1) is 6.92 Å². The van der Waals surface area contributed by atoms with Gasteiger partial charge in [-0.2, -0.15) is 0 Å². The molecule has 7 nitrogen and oxygen atoms in total. The number of rotatable bonds is 5. The molecule has 0 radical (unpaired) electrons. The fourth-order valence-electron chi connectivity index (χ4n) is 3.81. The zero-order valence-electron chi connectivity index (χ0n) is 17.0. The molecule has 0 amide bonds. The van der Waals surface area contributed by atoms with E-state index in [9.17, 15) is 0 Å². The van der Waals surface area contributed by atoms with Crippen molar-refractivity contribution in [3.8, 4) is 0 Å². The summed E-state index contributed by atoms with van der Waals surface area (Å²) in [6.45, 7) is 5.32. The summed E-state index contributed by atoms with van der Waals surface area (Å²) in [6.07, 6.45) is 11.1. The molecule has 1 saturated heterocycles. The van der Waals surface area contributed by atoms with Crippen LogP contribution in [0.4, 0.5) is 5.82 Å². The van der Waals surface area contributed by atoms with Crippen LogP contribution in [-0.4, -0.2) is 51.2 Å². The van der Waals surface area contributed by atoms with E-state index in [-0.39, 0.29) is 0 Å². The standard InChI is InChI=1S/C23H24N6O/c1-16-8-20-19(15-28-23(20)27-12-16)9-18-13-25-21(26-14-18)10-17-2-3-24-22(11-17)29-4-6-30-7-5-29/h2-3,8,11-15H,4-7,9-10H2,1H3,(H,27,28). The number of ether oxygens (including phenoxy) is 1. The summed E-state index contributed by atoms with van der Waals surface area (Å²) in [6, 6.07) is 6.32. The lowest BCUT2D eigenvalue weighted by atomic mass is 10.1. The Hall–Kier alpha value is -3.32. The maximum absolute atomic E-state index is 5.43. The summed E-state index contributed by atoms with van der Waals surface area (Å²) in [4.78, 5) is 23.7. The maximum atomic E-state index is 5.43. The number of anilines is 1. The molecule has 1 fully saturated rings. The molecule has 1 aliphatic heterocycles. The van der Waals surface area contributed by atoms with Crippen molar-refractivity contribution in [3.63, 3.8) is 0 Å². The van der Waals surface area contributed by atoms with E-state index in [1.54, 1.807) is 0 Å². The van der Waals surface area contributed by atoms with Gasteiger partial charge in [-0.3, -0.25) is 0 Å². The minimum Gasteiger partial charge on any atom is -0.378 e. The molecule has 7 heteroatoms. The van der Waals surface area contributed by atoms with Crippen molar-refractivity contribution in [2.75, 3.05) is 31.2 Å². The summed E-state index contributed by atoms with van der Waals surface area (Å²) < 4.78 is 5.43. The van der Waals surface area contributed by atoms with Crippen LogP contribution < -0.4 is 4.90 Å². The molecule has 0 bridgehead atoms. The topological polar surface area (TPSA) is 79.8 Å². The number of nitrogens with zero attached hydrogens (tertiary/aromatic N) is 5. The number of aromatic nitrogens is 5. The molecular formula is C23H24N6O. The van der Waals surface area contributed by atoms with Crippen LogP contribution in [-0.2, 0) is 17.6 Å². The molecular weight excluding hydrogens is 376 g/mol. The Balaban J connectivity index is 1.29. The van der Waals surface area contributed by atoms with Gasteiger partial charge in [0, 0.05) is 62.3 Å². The van der Waals surface area contributed by atoms with Crippen LogP contribution >= 0.6 is 0 Å². The second-order valence-corrected chi connectivity index (χ2v) is 7.71. The Kier molecular flexibility index (Phi) is 5.11. The number of aryl methyl sites for hydroxylation is 1. The fourth-order valence-corrected chi connectivity index (χ4v) is 3.81. The molecule has 0 spiro atoms. The normalized spacial score (nSPS) is 14.4.